The molecule has 0 aromatic rings. The molecule has 0 aromatic heterocycles. The van der Waals surface area contributed by atoms with Crippen molar-refractivity contribution in [2.24, 2.45) is 0 Å². The molecule has 0 N–H and O–H groups in total. The van der Waals surface area contributed by atoms with Crippen molar-refractivity contribution >= 4 is 11.9 Å². The van der Waals surface area contributed by atoms with E-state index >= 15 is 0 Å². The zero-order valence-corrected chi connectivity index (χ0v) is 20.8. The first-order valence-corrected chi connectivity index (χ1v) is 13.1. The Kier molecular flexibility index (Phi) is 22.7. The number of rotatable bonds is 23. The summed E-state index contributed by atoms with van der Waals surface area (Å²) in [5.41, 5.74) is 0. The van der Waals surface area contributed by atoms with Crippen molar-refractivity contribution in [3.63, 3.8) is 0 Å². The van der Waals surface area contributed by atoms with E-state index in [4.69, 9.17) is 14.2 Å². The highest BCUT2D eigenvalue weighted by Crippen LogP contribution is 2.12. The number of unbranched alkanes of at least 4 members (excludes halogenated alkanes) is 12. The molecule has 0 saturated carbocycles. The van der Waals surface area contributed by atoms with Crippen LogP contribution in [-0.2, 0) is 23.8 Å². The largest absolute Gasteiger partial charge is 0.464 e. The van der Waals surface area contributed by atoms with Crippen molar-refractivity contribution in [2.45, 2.75) is 136 Å². The SMILES string of the molecule is CCCCCCCCCCCCCCOC(=O)COCC(=O)OC(CCC)CCCC. The Morgan fingerprint density at radius 1 is 0.581 bits per heavy atom. The van der Waals surface area contributed by atoms with E-state index in [1.54, 1.807) is 0 Å². The van der Waals surface area contributed by atoms with Gasteiger partial charge in [0.05, 0.1) is 6.61 Å². The van der Waals surface area contributed by atoms with Crippen LogP contribution in [0.15, 0.2) is 0 Å². The molecule has 0 bridgehead atoms. The summed E-state index contributed by atoms with van der Waals surface area (Å²) in [5, 5.41) is 0. The molecule has 0 radical (unpaired) electrons. The predicted molar refractivity (Wildman–Crippen MR) is 127 cm³/mol. The molecule has 1 unspecified atom stereocenters. The smallest absolute Gasteiger partial charge is 0.332 e. The van der Waals surface area contributed by atoms with Crippen molar-refractivity contribution in [1.29, 1.82) is 0 Å². The van der Waals surface area contributed by atoms with Gasteiger partial charge in [-0.3, -0.25) is 0 Å². The van der Waals surface area contributed by atoms with Gasteiger partial charge in [-0.25, -0.2) is 9.59 Å². The number of hydrogen-bond donors (Lipinski definition) is 0. The van der Waals surface area contributed by atoms with Crippen LogP contribution in [0.25, 0.3) is 0 Å². The second-order valence-corrected chi connectivity index (χ2v) is 8.65. The number of carbonyl (C=O) groups excluding carboxylic acids is 2. The zero-order chi connectivity index (χ0) is 23.0. The van der Waals surface area contributed by atoms with E-state index in [9.17, 15) is 9.59 Å². The van der Waals surface area contributed by atoms with Crippen LogP contribution >= 0.6 is 0 Å². The Bertz CT molecular complexity index is 411. The number of ether oxygens (including phenoxy) is 3. The summed E-state index contributed by atoms with van der Waals surface area (Å²) >= 11 is 0. The Labute approximate surface area is 192 Å². The van der Waals surface area contributed by atoms with Crippen LogP contribution in [-0.4, -0.2) is 37.9 Å². The van der Waals surface area contributed by atoms with Gasteiger partial charge in [-0.1, -0.05) is 111 Å². The van der Waals surface area contributed by atoms with Crippen LogP contribution in [0.1, 0.15) is 130 Å². The molecule has 0 aliphatic heterocycles. The lowest BCUT2D eigenvalue weighted by molar-refractivity contribution is -0.159. The van der Waals surface area contributed by atoms with Crippen molar-refractivity contribution in [3.05, 3.63) is 0 Å². The van der Waals surface area contributed by atoms with Gasteiger partial charge in [0, 0.05) is 0 Å². The molecule has 0 aliphatic carbocycles. The molecule has 0 aromatic carbocycles. The second-order valence-electron chi connectivity index (χ2n) is 8.65. The second kappa shape index (κ2) is 23.6. The first-order chi connectivity index (χ1) is 15.1. The zero-order valence-electron chi connectivity index (χ0n) is 20.8. The van der Waals surface area contributed by atoms with Gasteiger partial charge in [-0.05, 0) is 19.3 Å². The number of hydrogen-bond acceptors (Lipinski definition) is 5. The molecule has 0 spiro atoms. The molecule has 184 valence electrons. The lowest BCUT2D eigenvalue weighted by Crippen LogP contribution is -2.23. The molecule has 5 heteroatoms. The van der Waals surface area contributed by atoms with Crippen LogP contribution in [0.4, 0.5) is 0 Å². The van der Waals surface area contributed by atoms with Gasteiger partial charge in [0.15, 0.2) is 0 Å². The van der Waals surface area contributed by atoms with Crippen LogP contribution in [0.5, 0.6) is 0 Å². The standard InChI is InChI=1S/C26H50O5/c1-4-7-9-10-11-12-13-14-15-16-17-18-21-30-25(27)22-29-23-26(28)31-24(19-6-3)20-8-5-2/h24H,4-23H2,1-3H3. The minimum Gasteiger partial charge on any atom is -0.464 e. The van der Waals surface area contributed by atoms with Gasteiger partial charge < -0.3 is 14.2 Å². The van der Waals surface area contributed by atoms with Gasteiger partial charge in [-0.2, -0.15) is 0 Å². The summed E-state index contributed by atoms with van der Waals surface area (Å²) in [6.07, 6.45) is 20.2. The van der Waals surface area contributed by atoms with Crippen LogP contribution in [0.3, 0.4) is 0 Å². The highest BCUT2D eigenvalue weighted by atomic mass is 16.6. The Balaban J connectivity index is 3.48. The first kappa shape index (κ1) is 29.9. The molecule has 31 heavy (non-hydrogen) atoms. The van der Waals surface area contributed by atoms with Crippen molar-refractivity contribution in [1.82, 2.24) is 0 Å². The quantitative estimate of drug-likeness (QED) is 0.124. The maximum absolute atomic E-state index is 11.9. The third-order valence-corrected chi connectivity index (χ3v) is 5.49. The minimum absolute atomic E-state index is 0.0428. The van der Waals surface area contributed by atoms with Crippen molar-refractivity contribution in [2.75, 3.05) is 19.8 Å². The summed E-state index contributed by atoms with van der Waals surface area (Å²) in [5.74, 6) is -0.810. The Morgan fingerprint density at radius 2 is 1.10 bits per heavy atom. The molecule has 1 atom stereocenters. The van der Waals surface area contributed by atoms with Crippen LogP contribution in [0.2, 0.25) is 0 Å². The van der Waals surface area contributed by atoms with E-state index in [0.29, 0.717) is 6.61 Å². The fourth-order valence-electron chi connectivity index (χ4n) is 3.62. The van der Waals surface area contributed by atoms with E-state index in [2.05, 4.69) is 20.8 Å². The summed E-state index contributed by atoms with van der Waals surface area (Å²) in [7, 11) is 0. The predicted octanol–water partition coefficient (Wildman–Crippen LogP) is 7.15. The van der Waals surface area contributed by atoms with Crippen molar-refractivity contribution < 1.29 is 23.8 Å². The third kappa shape index (κ3) is 21.9. The summed E-state index contributed by atoms with van der Waals surface area (Å²) in [6.45, 7) is 6.50. The molecule has 0 aliphatic rings. The van der Waals surface area contributed by atoms with E-state index in [1.165, 1.54) is 64.2 Å². The molecule has 5 nitrogen and oxygen atoms in total. The monoisotopic (exact) mass is 442 g/mol. The topological polar surface area (TPSA) is 61.8 Å². The van der Waals surface area contributed by atoms with Gasteiger partial charge in [0.25, 0.3) is 0 Å². The molecule has 0 fully saturated rings. The highest BCUT2D eigenvalue weighted by Gasteiger charge is 2.14. The van der Waals surface area contributed by atoms with Gasteiger partial charge in [0.1, 0.15) is 19.3 Å². The van der Waals surface area contributed by atoms with E-state index in [1.807, 2.05) is 0 Å². The maximum Gasteiger partial charge on any atom is 0.332 e. The van der Waals surface area contributed by atoms with Crippen LogP contribution in [0, 0.1) is 0 Å². The van der Waals surface area contributed by atoms with Crippen LogP contribution < -0.4 is 0 Å². The lowest BCUT2D eigenvalue weighted by Gasteiger charge is -2.16. The fraction of sp³-hybridized carbons (Fsp3) is 0.923. The average molecular weight is 443 g/mol. The summed E-state index contributed by atoms with van der Waals surface area (Å²) in [6, 6.07) is 0. The maximum atomic E-state index is 11.9. The molecule has 0 heterocycles. The Morgan fingerprint density at radius 3 is 1.65 bits per heavy atom. The molecular formula is C26H50O5. The number of carbonyl (C=O) groups is 2. The third-order valence-electron chi connectivity index (χ3n) is 5.49. The average Bonchev–Trinajstić information content (AvgIpc) is 2.75. The fourth-order valence-corrected chi connectivity index (χ4v) is 3.62. The lowest BCUT2D eigenvalue weighted by atomic mass is 10.1. The Hall–Kier alpha value is -1.10. The minimum atomic E-state index is -0.410. The molecule has 0 rings (SSSR count). The van der Waals surface area contributed by atoms with Gasteiger partial charge >= 0.3 is 11.9 Å². The van der Waals surface area contributed by atoms with Gasteiger partial charge in [-0.15, -0.1) is 0 Å². The van der Waals surface area contributed by atoms with E-state index < -0.39 is 11.9 Å². The van der Waals surface area contributed by atoms with E-state index in [0.717, 1.165) is 44.9 Å². The molecule has 0 amide bonds. The molecular weight excluding hydrogens is 392 g/mol. The highest BCUT2D eigenvalue weighted by molar-refractivity contribution is 5.73. The van der Waals surface area contributed by atoms with Crippen molar-refractivity contribution in [3.8, 4) is 0 Å². The summed E-state index contributed by atoms with van der Waals surface area (Å²) in [4.78, 5) is 23.6. The molecule has 0 saturated heterocycles. The van der Waals surface area contributed by atoms with E-state index in [-0.39, 0.29) is 19.3 Å². The number of esters is 2. The normalized spacial score (nSPS) is 12.0. The van der Waals surface area contributed by atoms with Gasteiger partial charge in [0.2, 0.25) is 0 Å². The summed E-state index contributed by atoms with van der Waals surface area (Å²) < 4.78 is 15.8. The first-order valence-electron chi connectivity index (χ1n) is 13.1.